The van der Waals surface area contributed by atoms with Crippen molar-refractivity contribution in [2.24, 2.45) is 7.05 Å². The van der Waals surface area contributed by atoms with Gasteiger partial charge in [0.1, 0.15) is 17.8 Å². The Balaban J connectivity index is 1.56. The average Bonchev–Trinajstić information content (AvgIpc) is 3.34. The summed E-state index contributed by atoms with van der Waals surface area (Å²) in [5.41, 5.74) is 3.43. The maximum absolute atomic E-state index is 11.0. The van der Waals surface area contributed by atoms with Crippen LogP contribution in [-0.4, -0.2) is 29.7 Å². The van der Waals surface area contributed by atoms with Crippen LogP contribution in [0.3, 0.4) is 0 Å². The van der Waals surface area contributed by atoms with E-state index in [0.717, 1.165) is 17.0 Å². The number of imidazole rings is 2. The van der Waals surface area contributed by atoms with E-state index in [1.165, 1.54) is 0 Å². The third kappa shape index (κ3) is 4.99. The van der Waals surface area contributed by atoms with E-state index in [1.54, 1.807) is 6.20 Å². The van der Waals surface area contributed by atoms with Crippen molar-refractivity contribution in [3.63, 3.8) is 0 Å². The SMILES string of the molecule is Cn1cc(C(O)c2[nH]c(Cc3ccc(Cl)cc3)nc2CO)nc1Cc1ccc(Cl)cc1. The van der Waals surface area contributed by atoms with Crippen LogP contribution in [-0.2, 0) is 26.5 Å². The Morgan fingerprint density at radius 2 is 1.52 bits per heavy atom. The molecule has 0 radical (unpaired) electrons. The first-order valence-corrected chi connectivity index (χ1v) is 10.6. The molecule has 0 aliphatic rings. The molecule has 1 atom stereocenters. The molecule has 8 heteroatoms. The lowest BCUT2D eigenvalue weighted by Crippen LogP contribution is -2.05. The van der Waals surface area contributed by atoms with Crippen molar-refractivity contribution >= 4 is 23.2 Å². The molecule has 2 aromatic heterocycles. The number of aliphatic hydroxyl groups is 2. The van der Waals surface area contributed by atoms with Crippen LogP contribution in [0.4, 0.5) is 0 Å². The first kappa shape index (κ1) is 21.6. The molecule has 6 nitrogen and oxygen atoms in total. The molecule has 160 valence electrons. The number of H-pyrrole nitrogens is 1. The fourth-order valence-electron chi connectivity index (χ4n) is 3.46. The smallest absolute Gasteiger partial charge is 0.139 e. The van der Waals surface area contributed by atoms with Crippen LogP contribution < -0.4 is 0 Å². The van der Waals surface area contributed by atoms with Gasteiger partial charge in [-0.15, -0.1) is 0 Å². The molecule has 0 aliphatic heterocycles. The first-order chi connectivity index (χ1) is 14.9. The van der Waals surface area contributed by atoms with Crippen molar-refractivity contribution in [1.29, 1.82) is 0 Å². The van der Waals surface area contributed by atoms with Crippen molar-refractivity contribution in [1.82, 2.24) is 19.5 Å². The monoisotopic (exact) mass is 456 g/mol. The summed E-state index contributed by atoms with van der Waals surface area (Å²) in [4.78, 5) is 12.2. The molecule has 0 saturated carbocycles. The summed E-state index contributed by atoms with van der Waals surface area (Å²) in [5.74, 6) is 1.46. The number of benzene rings is 2. The zero-order valence-corrected chi connectivity index (χ0v) is 18.4. The fourth-order valence-corrected chi connectivity index (χ4v) is 3.72. The Morgan fingerprint density at radius 3 is 2.10 bits per heavy atom. The molecule has 2 aromatic carbocycles. The van der Waals surface area contributed by atoms with Crippen molar-refractivity contribution < 1.29 is 10.2 Å². The molecule has 0 saturated heterocycles. The van der Waals surface area contributed by atoms with E-state index in [-0.39, 0.29) is 6.61 Å². The molecule has 31 heavy (non-hydrogen) atoms. The fraction of sp³-hybridized carbons (Fsp3) is 0.217. The highest BCUT2D eigenvalue weighted by Gasteiger charge is 2.22. The van der Waals surface area contributed by atoms with Gasteiger partial charge in [-0.1, -0.05) is 47.5 Å². The minimum absolute atomic E-state index is 0.284. The number of aryl methyl sites for hydroxylation is 1. The predicted molar refractivity (Wildman–Crippen MR) is 120 cm³/mol. The number of aromatic nitrogens is 4. The molecule has 1 unspecified atom stereocenters. The Hall–Kier alpha value is -2.64. The number of hydrogen-bond donors (Lipinski definition) is 3. The van der Waals surface area contributed by atoms with Gasteiger partial charge in [0.25, 0.3) is 0 Å². The third-order valence-electron chi connectivity index (χ3n) is 5.11. The van der Waals surface area contributed by atoms with E-state index in [9.17, 15) is 10.2 Å². The minimum Gasteiger partial charge on any atom is -0.390 e. The Kier molecular flexibility index (Phi) is 6.43. The molecule has 2 heterocycles. The molecule has 3 N–H and O–H groups in total. The second-order valence-corrected chi connectivity index (χ2v) is 8.28. The number of hydrogen-bond acceptors (Lipinski definition) is 4. The predicted octanol–water partition coefficient (Wildman–Crippen LogP) is 4.21. The zero-order valence-electron chi connectivity index (χ0n) is 16.9. The highest BCUT2D eigenvalue weighted by atomic mass is 35.5. The number of nitrogens with one attached hydrogen (secondary N) is 1. The van der Waals surface area contributed by atoms with Gasteiger partial charge >= 0.3 is 0 Å². The average molecular weight is 457 g/mol. The van der Waals surface area contributed by atoms with E-state index >= 15 is 0 Å². The summed E-state index contributed by atoms with van der Waals surface area (Å²) in [6, 6.07) is 15.1. The summed E-state index contributed by atoms with van der Waals surface area (Å²) < 4.78 is 1.89. The minimum atomic E-state index is -1.03. The Morgan fingerprint density at radius 1 is 0.935 bits per heavy atom. The molecular formula is C23H22Cl2N4O2. The standard InChI is InChI=1S/C23H22Cl2N4O2/c1-29-12-18(27-21(29)11-15-4-8-17(25)9-5-15)23(31)22-19(13-30)26-20(28-22)10-14-2-6-16(24)7-3-14/h2-9,12,23,30-31H,10-11,13H2,1H3,(H,26,28). The van der Waals surface area contributed by atoms with E-state index < -0.39 is 6.10 Å². The van der Waals surface area contributed by atoms with Crippen molar-refractivity contribution in [2.45, 2.75) is 25.6 Å². The van der Waals surface area contributed by atoms with Crippen LogP contribution in [0.2, 0.25) is 10.0 Å². The van der Waals surface area contributed by atoms with Gasteiger partial charge in [0, 0.05) is 36.1 Å². The summed E-state index contributed by atoms with van der Waals surface area (Å²) in [5, 5.41) is 22.1. The lowest BCUT2D eigenvalue weighted by Gasteiger charge is -2.07. The van der Waals surface area contributed by atoms with Gasteiger partial charge in [-0.3, -0.25) is 0 Å². The molecule has 4 rings (SSSR count). The molecule has 0 fully saturated rings. The Labute approximate surface area is 190 Å². The number of aliphatic hydroxyl groups excluding tert-OH is 2. The largest absolute Gasteiger partial charge is 0.390 e. The first-order valence-electron chi connectivity index (χ1n) is 9.80. The quantitative estimate of drug-likeness (QED) is 0.388. The zero-order chi connectivity index (χ0) is 22.0. The number of halogens is 2. The number of nitrogens with zero attached hydrogens (tertiary/aromatic N) is 3. The molecule has 0 bridgehead atoms. The van der Waals surface area contributed by atoms with E-state index in [2.05, 4.69) is 15.0 Å². The summed E-state index contributed by atoms with van der Waals surface area (Å²) in [6.45, 7) is -0.284. The second kappa shape index (κ2) is 9.24. The molecule has 0 spiro atoms. The lowest BCUT2D eigenvalue weighted by molar-refractivity contribution is 0.204. The molecule has 0 amide bonds. The third-order valence-corrected chi connectivity index (χ3v) is 5.62. The second-order valence-electron chi connectivity index (χ2n) is 7.40. The molecule has 4 aromatic rings. The van der Waals surface area contributed by atoms with Crippen LogP contribution in [0.5, 0.6) is 0 Å². The Bertz CT molecular complexity index is 1170. The van der Waals surface area contributed by atoms with Gasteiger partial charge in [0.15, 0.2) is 0 Å². The van der Waals surface area contributed by atoms with Gasteiger partial charge in [-0.2, -0.15) is 0 Å². The van der Waals surface area contributed by atoms with Crippen molar-refractivity contribution in [3.8, 4) is 0 Å². The van der Waals surface area contributed by atoms with E-state index in [1.807, 2.05) is 60.1 Å². The van der Waals surface area contributed by atoms with Gasteiger partial charge in [0.05, 0.1) is 23.7 Å². The van der Waals surface area contributed by atoms with Crippen LogP contribution in [0.1, 0.15) is 46.0 Å². The molecular weight excluding hydrogens is 435 g/mol. The van der Waals surface area contributed by atoms with E-state index in [0.29, 0.717) is 45.8 Å². The van der Waals surface area contributed by atoms with Crippen LogP contribution in [0.25, 0.3) is 0 Å². The maximum Gasteiger partial charge on any atom is 0.139 e. The highest BCUT2D eigenvalue weighted by molar-refractivity contribution is 6.30. The maximum atomic E-state index is 11.0. The van der Waals surface area contributed by atoms with Crippen molar-refractivity contribution in [2.75, 3.05) is 0 Å². The topological polar surface area (TPSA) is 87.0 Å². The van der Waals surface area contributed by atoms with Gasteiger partial charge in [0.2, 0.25) is 0 Å². The summed E-state index contributed by atoms with van der Waals surface area (Å²) in [7, 11) is 1.89. The van der Waals surface area contributed by atoms with Gasteiger partial charge in [-0.25, -0.2) is 9.97 Å². The summed E-state index contributed by atoms with van der Waals surface area (Å²) in [6.07, 6.45) is 1.90. The highest BCUT2D eigenvalue weighted by Crippen LogP contribution is 2.25. The van der Waals surface area contributed by atoms with Crippen LogP contribution in [0.15, 0.2) is 54.7 Å². The van der Waals surface area contributed by atoms with Crippen LogP contribution in [0, 0.1) is 0 Å². The summed E-state index contributed by atoms with van der Waals surface area (Å²) >= 11 is 11.9. The molecule has 0 aliphatic carbocycles. The van der Waals surface area contributed by atoms with Gasteiger partial charge in [-0.05, 0) is 35.4 Å². The normalized spacial score (nSPS) is 12.3. The number of rotatable bonds is 7. The van der Waals surface area contributed by atoms with E-state index in [4.69, 9.17) is 23.2 Å². The van der Waals surface area contributed by atoms with Gasteiger partial charge < -0.3 is 19.8 Å². The van der Waals surface area contributed by atoms with Crippen molar-refractivity contribution in [3.05, 3.63) is 105 Å². The number of aromatic amines is 1. The van der Waals surface area contributed by atoms with Crippen LogP contribution >= 0.6 is 23.2 Å². The lowest BCUT2D eigenvalue weighted by atomic mass is 10.1.